The molecule has 0 spiro atoms. The summed E-state index contributed by atoms with van der Waals surface area (Å²) < 4.78 is 19.3. The second kappa shape index (κ2) is 14.3. The number of hydrogen-bond acceptors (Lipinski definition) is 1. The first-order chi connectivity index (χ1) is 18.2. The molecule has 1 fully saturated rings. The third kappa shape index (κ3) is 8.14. The minimum atomic E-state index is -0.886. The molecule has 4 rings (SSSR count). The number of ether oxygens (including phenoxy) is 1. The summed E-state index contributed by atoms with van der Waals surface area (Å²) in [4.78, 5) is 0. The summed E-state index contributed by atoms with van der Waals surface area (Å²) in [7, 11) is 0. The van der Waals surface area contributed by atoms with Crippen LogP contribution in [-0.2, 0) is 17.8 Å². The molecule has 0 saturated heterocycles. The Morgan fingerprint density at radius 1 is 0.892 bits per heavy atom. The van der Waals surface area contributed by atoms with Gasteiger partial charge in [-0.3, -0.25) is 0 Å². The molecule has 1 unspecified atom stereocenters. The van der Waals surface area contributed by atoms with Crippen LogP contribution in [-0.4, -0.2) is 12.8 Å². The van der Waals surface area contributed by atoms with Crippen LogP contribution in [0.25, 0.3) is 22.3 Å². The summed E-state index contributed by atoms with van der Waals surface area (Å²) >= 11 is 0. The molecule has 0 N–H and O–H groups in total. The smallest absolute Gasteiger partial charge is 0.123 e. The Morgan fingerprint density at radius 2 is 1.59 bits per heavy atom. The second-order valence-corrected chi connectivity index (χ2v) is 10.7. The van der Waals surface area contributed by atoms with Crippen molar-refractivity contribution in [1.29, 1.82) is 0 Å². The van der Waals surface area contributed by atoms with Crippen LogP contribution in [0.15, 0.2) is 85.5 Å². The molecule has 3 aromatic carbocycles. The molecule has 1 nitrogen and oxygen atoms in total. The van der Waals surface area contributed by atoms with Gasteiger partial charge in [-0.1, -0.05) is 98.6 Å². The third-order valence-electron chi connectivity index (χ3n) is 8.02. The molecule has 1 atom stereocenters. The van der Waals surface area contributed by atoms with Gasteiger partial charge in [0.05, 0.1) is 13.2 Å². The van der Waals surface area contributed by atoms with Crippen molar-refractivity contribution in [3.63, 3.8) is 0 Å². The number of rotatable bonds is 13. The molecule has 3 aromatic rings. The van der Waals surface area contributed by atoms with Gasteiger partial charge in [-0.15, -0.1) is 6.58 Å². The molecular weight excluding hydrogens is 455 g/mol. The van der Waals surface area contributed by atoms with Gasteiger partial charge in [0.25, 0.3) is 0 Å². The van der Waals surface area contributed by atoms with Gasteiger partial charge in [0.2, 0.25) is 0 Å². The van der Waals surface area contributed by atoms with E-state index in [4.69, 9.17) is 4.74 Å². The molecule has 0 radical (unpaired) electrons. The highest BCUT2D eigenvalue weighted by Gasteiger charge is 2.18. The maximum Gasteiger partial charge on any atom is 0.123 e. The standard InChI is InChI=1S/C35H43FO/c1-3-27-14-16-28(17-15-27)10-8-9-13-33-24-29(25-37-26-34(36)4-2)18-23-35(33)32-21-19-31(20-22-32)30-11-6-5-7-12-30/h3,5-7,11-12,18-24,27-28,34H,1,4,8-10,13-17,25-26H2,2H3. The zero-order valence-corrected chi connectivity index (χ0v) is 22.5. The lowest BCUT2D eigenvalue weighted by Gasteiger charge is -2.26. The molecule has 0 aromatic heterocycles. The van der Waals surface area contributed by atoms with E-state index in [2.05, 4.69) is 85.5 Å². The Morgan fingerprint density at radius 3 is 2.30 bits per heavy atom. The average molecular weight is 499 g/mol. The van der Waals surface area contributed by atoms with Gasteiger partial charge >= 0.3 is 0 Å². The summed E-state index contributed by atoms with van der Waals surface area (Å²) in [6.45, 7) is 6.47. The van der Waals surface area contributed by atoms with Gasteiger partial charge < -0.3 is 4.74 Å². The van der Waals surface area contributed by atoms with E-state index in [9.17, 15) is 4.39 Å². The first-order valence-corrected chi connectivity index (χ1v) is 14.3. The summed E-state index contributed by atoms with van der Waals surface area (Å²) in [5, 5.41) is 0. The molecule has 0 heterocycles. The first kappa shape index (κ1) is 27.3. The van der Waals surface area contributed by atoms with E-state index in [1.54, 1.807) is 0 Å². The molecule has 0 bridgehead atoms. The van der Waals surface area contributed by atoms with E-state index in [1.807, 2.05) is 6.92 Å². The predicted molar refractivity (Wildman–Crippen MR) is 155 cm³/mol. The van der Waals surface area contributed by atoms with Crippen LogP contribution in [0.2, 0.25) is 0 Å². The predicted octanol–water partition coefficient (Wildman–Crippen LogP) is 9.99. The van der Waals surface area contributed by atoms with Crippen LogP contribution in [0.1, 0.15) is 69.4 Å². The molecule has 1 saturated carbocycles. The normalized spacial score (nSPS) is 18.4. The number of aryl methyl sites for hydroxylation is 1. The van der Waals surface area contributed by atoms with Crippen molar-refractivity contribution < 1.29 is 9.13 Å². The van der Waals surface area contributed by atoms with E-state index in [-0.39, 0.29) is 6.61 Å². The SMILES string of the molecule is C=CC1CCC(CCCCc2cc(COCC(F)CC)ccc2-c2ccc(-c3ccccc3)cc2)CC1. The van der Waals surface area contributed by atoms with Crippen molar-refractivity contribution in [3.8, 4) is 22.3 Å². The fourth-order valence-electron chi connectivity index (χ4n) is 5.58. The molecule has 2 heteroatoms. The molecule has 37 heavy (non-hydrogen) atoms. The third-order valence-corrected chi connectivity index (χ3v) is 8.02. The van der Waals surface area contributed by atoms with Gasteiger partial charge in [-0.05, 0) is 90.2 Å². The second-order valence-electron chi connectivity index (χ2n) is 10.7. The number of benzene rings is 3. The van der Waals surface area contributed by atoms with Crippen LogP contribution in [0, 0.1) is 11.8 Å². The highest BCUT2D eigenvalue weighted by Crippen LogP contribution is 2.33. The van der Waals surface area contributed by atoms with E-state index in [0.717, 1.165) is 23.8 Å². The number of unbranched alkanes of at least 4 members (excludes halogenated alkanes) is 1. The Kier molecular flexibility index (Phi) is 10.6. The van der Waals surface area contributed by atoms with Crippen LogP contribution < -0.4 is 0 Å². The van der Waals surface area contributed by atoms with Gasteiger partial charge in [-0.25, -0.2) is 4.39 Å². The average Bonchev–Trinajstić information content (AvgIpc) is 2.96. The Hall–Kier alpha value is -2.71. The van der Waals surface area contributed by atoms with Crippen molar-refractivity contribution in [3.05, 3.63) is 96.6 Å². The number of halogens is 1. The van der Waals surface area contributed by atoms with E-state index >= 15 is 0 Å². The Labute approximate surface area is 223 Å². The van der Waals surface area contributed by atoms with E-state index in [1.165, 1.54) is 72.8 Å². The largest absolute Gasteiger partial charge is 0.374 e. The Balaban J connectivity index is 1.43. The number of allylic oxidation sites excluding steroid dienone is 1. The molecule has 0 amide bonds. The lowest BCUT2D eigenvalue weighted by atomic mass is 9.80. The monoisotopic (exact) mass is 498 g/mol. The lowest BCUT2D eigenvalue weighted by molar-refractivity contribution is 0.0683. The fraction of sp³-hybridized carbons (Fsp3) is 0.429. The highest BCUT2D eigenvalue weighted by molar-refractivity contribution is 5.72. The maximum absolute atomic E-state index is 13.6. The van der Waals surface area contributed by atoms with E-state index < -0.39 is 6.17 Å². The zero-order chi connectivity index (χ0) is 25.9. The molecular formula is C35H43FO. The number of hydrogen-bond donors (Lipinski definition) is 0. The van der Waals surface area contributed by atoms with Crippen molar-refractivity contribution in [2.24, 2.45) is 11.8 Å². The minimum Gasteiger partial charge on any atom is -0.374 e. The lowest BCUT2D eigenvalue weighted by Crippen LogP contribution is -2.12. The van der Waals surface area contributed by atoms with Crippen molar-refractivity contribution in [1.82, 2.24) is 0 Å². The van der Waals surface area contributed by atoms with Gasteiger partial charge in [0.15, 0.2) is 0 Å². The van der Waals surface area contributed by atoms with Crippen molar-refractivity contribution >= 4 is 0 Å². The topological polar surface area (TPSA) is 9.23 Å². The first-order valence-electron chi connectivity index (χ1n) is 14.3. The van der Waals surface area contributed by atoms with Gasteiger partial charge in [0.1, 0.15) is 6.17 Å². The zero-order valence-electron chi connectivity index (χ0n) is 22.5. The van der Waals surface area contributed by atoms with E-state index in [0.29, 0.717) is 13.0 Å². The summed E-state index contributed by atoms with van der Waals surface area (Å²) in [5.41, 5.74) is 7.52. The molecule has 196 valence electrons. The fourth-order valence-corrected chi connectivity index (χ4v) is 5.58. The van der Waals surface area contributed by atoms with Crippen LogP contribution in [0.3, 0.4) is 0 Å². The summed E-state index contributed by atoms with van der Waals surface area (Å²) in [6.07, 6.45) is 12.0. The van der Waals surface area contributed by atoms with Gasteiger partial charge in [0, 0.05) is 0 Å². The maximum atomic E-state index is 13.6. The highest BCUT2D eigenvalue weighted by atomic mass is 19.1. The van der Waals surface area contributed by atoms with Crippen LogP contribution in [0.4, 0.5) is 4.39 Å². The Bertz CT molecular complexity index is 1080. The summed E-state index contributed by atoms with van der Waals surface area (Å²) in [5.74, 6) is 1.62. The van der Waals surface area contributed by atoms with Crippen molar-refractivity contribution in [2.45, 2.75) is 77.5 Å². The van der Waals surface area contributed by atoms with Crippen molar-refractivity contribution in [2.75, 3.05) is 6.61 Å². The summed E-state index contributed by atoms with van der Waals surface area (Å²) in [6, 6.07) is 26.1. The van der Waals surface area contributed by atoms with Crippen LogP contribution >= 0.6 is 0 Å². The minimum absolute atomic E-state index is 0.169. The molecule has 1 aliphatic carbocycles. The molecule has 0 aliphatic heterocycles. The van der Waals surface area contributed by atoms with Crippen LogP contribution in [0.5, 0.6) is 0 Å². The number of alkyl halides is 1. The molecule has 1 aliphatic rings. The quantitative estimate of drug-likeness (QED) is 0.168. The van der Waals surface area contributed by atoms with Gasteiger partial charge in [-0.2, -0.15) is 0 Å².